The van der Waals surface area contributed by atoms with Gasteiger partial charge in [0.05, 0.1) is 12.7 Å². The molecule has 0 saturated heterocycles. The van der Waals surface area contributed by atoms with Gasteiger partial charge in [0.1, 0.15) is 17.6 Å². The second-order valence-electron chi connectivity index (χ2n) is 4.13. The van der Waals surface area contributed by atoms with E-state index in [1.54, 1.807) is 48.5 Å². The van der Waals surface area contributed by atoms with Gasteiger partial charge < -0.3 is 14.8 Å². The first-order chi connectivity index (χ1) is 10.2. The van der Waals surface area contributed by atoms with E-state index in [-0.39, 0.29) is 12.5 Å². The fourth-order valence-corrected chi connectivity index (χ4v) is 1.81. The fourth-order valence-electron chi connectivity index (χ4n) is 1.81. The normalized spacial score (nSPS) is 9.52. The minimum absolute atomic E-state index is 0.0378. The van der Waals surface area contributed by atoms with Gasteiger partial charge in [-0.1, -0.05) is 18.2 Å². The lowest BCUT2D eigenvalue weighted by molar-refractivity contribution is 0.102. The number of nitrogens with zero attached hydrogens (tertiary/aromatic N) is 1. The van der Waals surface area contributed by atoms with Gasteiger partial charge in [0, 0.05) is 11.8 Å². The number of anilines is 1. The molecule has 0 aliphatic heterocycles. The van der Waals surface area contributed by atoms with Gasteiger partial charge >= 0.3 is 0 Å². The van der Waals surface area contributed by atoms with Gasteiger partial charge in [-0.2, -0.15) is 5.26 Å². The van der Waals surface area contributed by atoms with E-state index in [0.29, 0.717) is 22.7 Å². The van der Waals surface area contributed by atoms with Crippen molar-refractivity contribution >= 4 is 11.6 Å². The third-order valence-corrected chi connectivity index (χ3v) is 2.75. The lowest BCUT2D eigenvalue weighted by Gasteiger charge is -2.10. The summed E-state index contributed by atoms with van der Waals surface area (Å²) in [7, 11) is 1.52. The average molecular weight is 282 g/mol. The molecule has 0 saturated carbocycles. The quantitative estimate of drug-likeness (QED) is 0.915. The molecule has 1 N–H and O–H groups in total. The van der Waals surface area contributed by atoms with Crippen molar-refractivity contribution in [1.29, 1.82) is 5.26 Å². The zero-order valence-electron chi connectivity index (χ0n) is 11.5. The molecule has 0 spiro atoms. The van der Waals surface area contributed by atoms with Crippen LogP contribution in [0, 0.1) is 11.3 Å². The Bertz CT molecular complexity index is 677. The Morgan fingerprint density at radius 3 is 2.81 bits per heavy atom. The molecule has 21 heavy (non-hydrogen) atoms. The van der Waals surface area contributed by atoms with Crippen LogP contribution >= 0.6 is 0 Å². The molecule has 0 fully saturated rings. The summed E-state index contributed by atoms with van der Waals surface area (Å²) in [5, 5.41) is 11.3. The van der Waals surface area contributed by atoms with Crippen LogP contribution in [0.15, 0.2) is 48.5 Å². The topological polar surface area (TPSA) is 71.3 Å². The SMILES string of the molecule is COc1ccccc1C(=O)Nc1cccc(OCC#N)c1. The van der Waals surface area contributed by atoms with Crippen molar-refractivity contribution < 1.29 is 14.3 Å². The number of carbonyl (C=O) groups excluding carboxylic acids is 1. The number of nitriles is 1. The number of para-hydroxylation sites is 1. The molecule has 0 radical (unpaired) electrons. The Balaban J connectivity index is 2.14. The van der Waals surface area contributed by atoms with Crippen LogP contribution < -0.4 is 14.8 Å². The number of methoxy groups -OCH3 is 1. The summed E-state index contributed by atoms with van der Waals surface area (Å²) in [5.41, 5.74) is 1.03. The lowest BCUT2D eigenvalue weighted by atomic mass is 10.2. The predicted molar refractivity (Wildman–Crippen MR) is 78.5 cm³/mol. The van der Waals surface area contributed by atoms with Crippen LogP contribution in [0.4, 0.5) is 5.69 Å². The molecule has 0 heterocycles. The molecule has 0 aromatic heterocycles. The van der Waals surface area contributed by atoms with Crippen molar-refractivity contribution in [2.75, 3.05) is 19.0 Å². The van der Waals surface area contributed by atoms with Gasteiger partial charge in [-0.05, 0) is 24.3 Å². The molecule has 5 heteroatoms. The van der Waals surface area contributed by atoms with E-state index in [2.05, 4.69) is 5.32 Å². The van der Waals surface area contributed by atoms with E-state index in [1.807, 2.05) is 6.07 Å². The third kappa shape index (κ3) is 3.74. The summed E-state index contributed by atoms with van der Waals surface area (Å²) in [5.74, 6) is 0.756. The monoisotopic (exact) mass is 282 g/mol. The highest BCUT2D eigenvalue weighted by atomic mass is 16.5. The van der Waals surface area contributed by atoms with Crippen molar-refractivity contribution in [3.05, 3.63) is 54.1 Å². The van der Waals surface area contributed by atoms with Crippen molar-refractivity contribution in [1.82, 2.24) is 0 Å². The maximum atomic E-state index is 12.2. The molecule has 0 aliphatic carbocycles. The van der Waals surface area contributed by atoms with Crippen LogP contribution in [0.3, 0.4) is 0 Å². The molecule has 2 aromatic rings. The summed E-state index contributed by atoms with van der Waals surface area (Å²) >= 11 is 0. The molecule has 0 unspecified atom stereocenters. The maximum absolute atomic E-state index is 12.2. The molecule has 0 aliphatic rings. The van der Waals surface area contributed by atoms with Crippen LogP contribution in [0.5, 0.6) is 11.5 Å². The van der Waals surface area contributed by atoms with Crippen molar-refractivity contribution in [2.45, 2.75) is 0 Å². The molecule has 2 aromatic carbocycles. The Labute approximate surface area is 122 Å². The van der Waals surface area contributed by atoms with Crippen LogP contribution in [0.2, 0.25) is 0 Å². The predicted octanol–water partition coefficient (Wildman–Crippen LogP) is 2.85. The van der Waals surface area contributed by atoms with Crippen molar-refractivity contribution in [3.8, 4) is 17.6 Å². The Morgan fingerprint density at radius 2 is 2.05 bits per heavy atom. The van der Waals surface area contributed by atoms with E-state index >= 15 is 0 Å². The van der Waals surface area contributed by atoms with Gasteiger partial charge in [-0.3, -0.25) is 4.79 Å². The molecule has 106 valence electrons. The lowest BCUT2D eigenvalue weighted by Crippen LogP contribution is -2.13. The van der Waals surface area contributed by atoms with E-state index in [1.165, 1.54) is 7.11 Å². The molecular formula is C16H14N2O3. The average Bonchev–Trinajstić information content (AvgIpc) is 2.53. The van der Waals surface area contributed by atoms with Gasteiger partial charge in [0.25, 0.3) is 5.91 Å². The summed E-state index contributed by atoms with van der Waals surface area (Å²) < 4.78 is 10.4. The second-order valence-corrected chi connectivity index (χ2v) is 4.13. The number of ether oxygens (including phenoxy) is 2. The van der Waals surface area contributed by atoms with Crippen molar-refractivity contribution in [2.24, 2.45) is 0 Å². The zero-order chi connectivity index (χ0) is 15.1. The molecule has 0 atom stereocenters. The number of benzene rings is 2. The van der Waals surface area contributed by atoms with Crippen LogP contribution in [0.25, 0.3) is 0 Å². The highest BCUT2D eigenvalue weighted by Gasteiger charge is 2.11. The molecular weight excluding hydrogens is 268 g/mol. The smallest absolute Gasteiger partial charge is 0.259 e. The first kappa shape index (κ1) is 14.4. The molecule has 5 nitrogen and oxygen atoms in total. The van der Waals surface area contributed by atoms with Crippen LogP contribution in [-0.4, -0.2) is 19.6 Å². The Morgan fingerprint density at radius 1 is 1.24 bits per heavy atom. The minimum atomic E-state index is -0.273. The van der Waals surface area contributed by atoms with Crippen LogP contribution in [0.1, 0.15) is 10.4 Å². The standard InChI is InChI=1S/C16H14N2O3/c1-20-15-8-3-2-7-14(15)16(19)18-12-5-4-6-13(11-12)21-10-9-17/h2-8,11H,10H2,1H3,(H,18,19). The fraction of sp³-hybridized carbons (Fsp3) is 0.125. The molecule has 0 bridgehead atoms. The van der Waals surface area contributed by atoms with E-state index in [4.69, 9.17) is 14.7 Å². The largest absolute Gasteiger partial charge is 0.496 e. The van der Waals surface area contributed by atoms with Gasteiger partial charge in [-0.15, -0.1) is 0 Å². The van der Waals surface area contributed by atoms with Gasteiger partial charge in [0.15, 0.2) is 6.61 Å². The summed E-state index contributed by atoms with van der Waals surface area (Å²) in [6.07, 6.45) is 0. The maximum Gasteiger partial charge on any atom is 0.259 e. The number of nitrogens with one attached hydrogen (secondary N) is 1. The first-order valence-electron chi connectivity index (χ1n) is 6.29. The number of carbonyl (C=O) groups is 1. The number of rotatable bonds is 5. The Kier molecular flexibility index (Phi) is 4.78. The summed E-state index contributed by atoms with van der Waals surface area (Å²) in [6, 6.07) is 15.7. The highest BCUT2D eigenvalue weighted by Crippen LogP contribution is 2.21. The number of amides is 1. The number of hydrogen-bond donors (Lipinski definition) is 1. The third-order valence-electron chi connectivity index (χ3n) is 2.75. The minimum Gasteiger partial charge on any atom is -0.496 e. The Hall–Kier alpha value is -3.00. The summed E-state index contributed by atoms with van der Waals surface area (Å²) in [4.78, 5) is 12.2. The molecule has 1 amide bonds. The first-order valence-corrected chi connectivity index (χ1v) is 6.29. The second kappa shape index (κ2) is 6.96. The highest BCUT2D eigenvalue weighted by molar-refractivity contribution is 6.06. The van der Waals surface area contributed by atoms with Gasteiger partial charge in [-0.25, -0.2) is 0 Å². The van der Waals surface area contributed by atoms with E-state index in [9.17, 15) is 4.79 Å². The van der Waals surface area contributed by atoms with Crippen LogP contribution in [-0.2, 0) is 0 Å². The number of hydrogen-bond acceptors (Lipinski definition) is 4. The van der Waals surface area contributed by atoms with E-state index in [0.717, 1.165) is 0 Å². The molecule has 2 rings (SSSR count). The van der Waals surface area contributed by atoms with Crippen molar-refractivity contribution in [3.63, 3.8) is 0 Å². The zero-order valence-corrected chi connectivity index (χ0v) is 11.5. The van der Waals surface area contributed by atoms with Gasteiger partial charge in [0.2, 0.25) is 0 Å². The summed E-state index contributed by atoms with van der Waals surface area (Å²) in [6.45, 7) is -0.0378. The van der Waals surface area contributed by atoms with E-state index < -0.39 is 0 Å².